The third kappa shape index (κ3) is 1.16. The molecule has 0 unspecified atom stereocenters. The van der Waals surface area contributed by atoms with Gasteiger partial charge in [0.2, 0.25) is 0 Å². The van der Waals surface area contributed by atoms with Crippen LogP contribution in [0.1, 0.15) is 0 Å². The van der Waals surface area contributed by atoms with Crippen molar-refractivity contribution in [1.82, 2.24) is 4.98 Å². The molecule has 16 heavy (non-hydrogen) atoms. The predicted octanol–water partition coefficient (Wildman–Crippen LogP) is 2.05. The molecule has 0 saturated carbocycles. The molecule has 1 N–H and O–H groups in total. The van der Waals surface area contributed by atoms with Crippen LogP contribution in [0.25, 0.3) is 21.9 Å². The highest BCUT2D eigenvalue weighted by atomic mass is 16.3. The summed E-state index contributed by atoms with van der Waals surface area (Å²) < 4.78 is 5.29. The summed E-state index contributed by atoms with van der Waals surface area (Å²) in [4.78, 5) is 15.1. The first-order valence-electron chi connectivity index (χ1n) is 4.76. The fourth-order valence-corrected chi connectivity index (χ4v) is 1.73. The molecule has 4 heteroatoms. The minimum Gasteiger partial charge on any atom is -0.503 e. The number of fused-ring (bicyclic) bond motifs is 3. The lowest BCUT2D eigenvalue weighted by atomic mass is 10.1. The van der Waals surface area contributed by atoms with Gasteiger partial charge < -0.3 is 9.52 Å². The predicted molar refractivity (Wildman–Crippen MR) is 59.4 cm³/mol. The van der Waals surface area contributed by atoms with Crippen molar-refractivity contribution in [1.29, 1.82) is 0 Å². The van der Waals surface area contributed by atoms with E-state index in [1.165, 1.54) is 6.07 Å². The van der Waals surface area contributed by atoms with Gasteiger partial charge >= 0.3 is 5.56 Å². The summed E-state index contributed by atoms with van der Waals surface area (Å²) in [5, 5.41) is 10.8. The Bertz CT molecular complexity index is 746. The number of pyridine rings is 1. The molecule has 78 valence electrons. The molecule has 0 aliphatic rings. The zero-order chi connectivity index (χ0) is 11.1. The minimum atomic E-state index is -0.621. The summed E-state index contributed by atoms with van der Waals surface area (Å²) in [5.41, 5.74) is 0.584. The van der Waals surface area contributed by atoms with Crippen LogP contribution in [0.15, 0.2) is 45.8 Å². The number of aromatic nitrogens is 1. The normalized spacial score (nSPS) is 11.0. The second kappa shape index (κ2) is 3.06. The molecule has 0 saturated heterocycles. The zero-order valence-corrected chi connectivity index (χ0v) is 8.18. The fraction of sp³-hybridized carbons (Fsp3) is 0. The molecule has 1 aromatic carbocycles. The van der Waals surface area contributed by atoms with Gasteiger partial charge in [-0.3, -0.25) is 4.79 Å². The molecule has 0 bridgehead atoms. The second-order valence-electron chi connectivity index (χ2n) is 3.47. The lowest BCUT2D eigenvalue weighted by Gasteiger charge is -2.01. The smallest absolute Gasteiger partial charge is 0.312 e. The standard InChI is InChI=1S/C12H7NO3/c14-9-6-7-3-4-10-8(2-1-5-16-10)11(7)13-12(9)15/h1-6,14H. The maximum Gasteiger partial charge on any atom is 0.312 e. The van der Waals surface area contributed by atoms with Gasteiger partial charge in [-0.05, 0) is 30.3 Å². The fourth-order valence-electron chi connectivity index (χ4n) is 1.73. The van der Waals surface area contributed by atoms with Gasteiger partial charge in [0.1, 0.15) is 5.58 Å². The van der Waals surface area contributed by atoms with E-state index in [0.29, 0.717) is 16.5 Å². The summed E-state index contributed by atoms with van der Waals surface area (Å²) >= 11 is 0. The lowest BCUT2D eigenvalue weighted by molar-refractivity contribution is 0.468. The highest BCUT2D eigenvalue weighted by Crippen LogP contribution is 2.23. The Labute approximate surface area is 89.8 Å². The summed E-state index contributed by atoms with van der Waals surface area (Å²) in [6.07, 6.45) is 1.56. The summed E-state index contributed by atoms with van der Waals surface area (Å²) in [5.74, 6) is -0.334. The zero-order valence-electron chi connectivity index (χ0n) is 8.18. The molecule has 0 spiro atoms. The molecule has 2 aromatic heterocycles. The van der Waals surface area contributed by atoms with E-state index in [-0.39, 0.29) is 5.75 Å². The van der Waals surface area contributed by atoms with Gasteiger partial charge in [-0.1, -0.05) is 0 Å². The van der Waals surface area contributed by atoms with Crippen molar-refractivity contribution in [2.45, 2.75) is 0 Å². The Morgan fingerprint density at radius 2 is 2.12 bits per heavy atom. The number of rotatable bonds is 0. The van der Waals surface area contributed by atoms with Crippen LogP contribution >= 0.6 is 0 Å². The highest BCUT2D eigenvalue weighted by molar-refractivity contribution is 6.02. The van der Waals surface area contributed by atoms with E-state index in [1.54, 1.807) is 24.5 Å². The first-order valence-corrected chi connectivity index (χ1v) is 4.76. The summed E-state index contributed by atoms with van der Waals surface area (Å²) in [6, 6.07) is 8.51. The van der Waals surface area contributed by atoms with Crippen molar-refractivity contribution in [3.05, 3.63) is 46.9 Å². The van der Waals surface area contributed by atoms with Gasteiger partial charge in [0.25, 0.3) is 0 Å². The number of nitrogens with zero attached hydrogens (tertiary/aromatic N) is 1. The van der Waals surface area contributed by atoms with Crippen LogP contribution in [-0.2, 0) is 0 Å². The molecular weight excluding hydrogens is 206 g/mol. The minimum absolute atomic E-state index is 0.334. The molecule has 0 aliphatic heterocycles. The third-order valence-electron chi connectivity index (χ3n) is 2.47. The first-order chi connectivity index (χ1) is 7.75. The third-order valence-corrected chi connectivity index (χ3v) is 2.47. The van der Waals surface area contributed by atoms with Crippen molar-refractivity contribution in [3.63, 3.8) is 0 Å². The molecule has 2 heterocycles. The summed E-state index contributed by atoms with van der Waals surface area (Å²) in [7, 11) is 0. The molecule has 0 aliphatic carbocycles. The average Bonchev–Trinajstić information content (AvgIpc) is 2.31. The Hall–Kier alpha value is -2.36. The molecule has 3 rings (SSSR count). The Kier molecular flexibility index (Phi) is 1.71. The Balaban J connectivity index is 2.60. The topological polar surface area (TPSA) is 63.3 Å². The van der Waals surface area contributed by atoms with E-state index >= 15 is 0 Å². The van der Waals surface area contributed by atoms with Gasteiger partial charge in [-0.15, -0.1) is 0 Å². The number of hydrogen-bond acceptors (Lipinski definition) is 4. The van der Waals surface area contributed by atoms with E-state index in [0.717, 1.165) is 5.39 Å². The van der Waals surface area contributed by atoms with Crippen molar-refractivity contribution in [2.75, 3.05) is 0 Å². The molecular formula is C12H7NO3. The largest absolute Gasteiger partial charge is 0.503 e. The van der Waals surface area contributed by atoms with Gasteiger partial charge in [0.05, 0.1) is 11.8 Å². The van der Waals surface area contributed by atoms with Crippen LogP contribution in [0, 0.1) is 0 Å². The summed E-state index contributed by atoms with van der Waals surface area (Å²) in [6.45, 7) is 0. The SMILES string of the molecule is O=c1nc2c(ccc3occcc32)cc1O. The average molecular weight is 213 g/mol. The second-order valence-corrected chi connectivity index (χ2v) is 3.47. The van der Waals surface area contributed by atoms with Crippen LogP contribution in [0.4, 0.5) is 0 Å². The quantitative estimate of drug-likeness (QED) is 0.580. The molecule has 0 atom stereocenters. The maximum absolute atomic E-state index is 11.3. The molecule has 0 amide bonds. The van der Waals surface area contributed by atoms with Gasteiger partial charge in [0.15, 0.2) is 5.75 Å². The van der Waals surface area contributed by atoms with E-state index in [1.807, 2.05) is 6.07 Å². The van der Waals surface area contributed by atoms with Crippen molar-refractivity contribution in [2.24, 2.45) is 0 Å². The van der Waals surface area contributed by atoms with Gasteiger partial charge in [-0.2, -0.15) is 0 Å². The van der Waals surface area contributed by atoms with Crippen LogP contribution in [0.2, 0.25) is 0 Å². The Morgan fingerprint density at radius 1 is 1.25 bits per heavy atom. The Morgan fingerprint density at radius 3 is 3.00 bits per heavy atom. The van der Waals surface area contributed by atoms with Crippen LogP contribution in [0.5, 0.6) is 5.75 Å². The van der Waals surface area contributed by atoms with Gasteiger partial charge in [0, 0.05) is 10.8 Å². The van der Waals surface area contributed by atoms with E-state index in [4.69, 9.17) is 4.42 Å². The molecule has 0 fully saturated rings. The van der Waals surface area contributed by atoms with E-state index in [2.05, 4.69) is 4.98 Å². The monoisotopic (exact) mass is 213 g/mol. The van der Waals surface area contributed by atoms with E-state index < -0.39 is 5.56 Å². The molecule has 4 nitrogen and oxygen atoms in total. The first kappa shape index (κ1) is 8.91. The number of benzene rings is 1. The van der Waals surface area contributed by atoms with Crippen molar-refractivity contribution >= 4 is 21.9 Å². The number of aromatic hydroxyl groups is 1. The maximum atomic E-state index is 11.3. The molecule has 3 aromatic rings. The van der Waals surface area contributed by atoms with Crippen molar-refractivity contribution < 1.29 is 9.52 Å². The number of hydrogen-bond donors (Lipinski definition) is 1. The van der Waals surface area contributed by atoms with Gasteiger partial charge in [-0.25, -0.2) is 4.98 Å². The van der Waals surface area contributed by atoms with E-state index in [9.17, 15) is 9.90 Å². The lowest BCUT2D eigenvalue weighted by Crippen LogP contribution is -2.04. The van der Waals surface area contributed by atoms with Crippen molar-refractivity contribution in [3.8, 4) is 5.75 Å². The highest BCUT2D eigenvalue weighted by Gasteiger charge is 2.06. The van der Waals surface area contributed by atoms with Crippen LogP contribution in [-0.4, -0.2) is 10.1 Å². The molecule has 0 radical (unpaired) electrons. The van der Waals surface area contributed by atoms with Crippen LogP contribution < -0.4 is 5.56 Å². The van der Waals surface area contributed by atoms with Crippen LogP contribution in [0.3, 0.4) is 0 Å².